The van der Waals surface area contributed by atoms with Crippen molar-refractivity contribution in [2.45, 2.75) is 70.9 Å². The molecule has 2 heterocycles. The first-order valence-electron chi connectivity index (χ1n) is 11.7. The largest absolute Gasteiger partial charge is 0.459 e. The van der Waals surface area contributed by atoms with Gasteiger partial charge in [-0.15, -0.1) is 0 Å². The minimum atomic E-state index is -0.107. The van der Waals surface area contributed by atoms with Crippen LogP contribution in [0.25, 0.3) is 0 Å². The molecule has 0 aliphatic heterocycles. The molecular weight excluding hydrogens is 392 g/mol. The minimum absolute atomic E-state index is 0.107. The maximum absolute atomic E-state index is 12.3. The van der Waals surface area contributed by atoms with E-state index in [1.807, 2.05) is 0 Å². The Morgan fingerprint density at radius 3 is 1.61 bits per heavy atom. The van der Waals surface area contributed by atoms with Gasteiger partial charge in [-0.2, -0.15) is 0 Å². The molecule has 2 fully saturated rings. The van der Waals surface area contributed by atoms with E-state index in [1.165, 1.54) is 18.9 Å². The molecule has 4 rings (SSSR count). The maximum atomic E-state index is 12.3. The Balaban J connectivity index is 1.21. The maximum Gasteiger partial charge on any atom is 0.287 e. The van der Waals surface area contributed by atoms with Gasteiger partial charge in [0.05, 0.1) is 12.5 Å². The van der Waals surface area contributed by atoms with Crippen molar-refractivity contribution >= 4 is 11.8 Å². The van der Waals surface area contributed by atoms with Crippen LogP contribution in [0, 0.1) is 23.7 Å². The lowest BCUT2D eigenvalue weighted by Crippen LogP contribution is -2.44. The molecule has 0 radical (unpaired) electrons. The topological polar surface area (TPSA) is 84.5 Å². The molecule has 2 aromatic heterocycles. The number of carbonyl (C=O) groups is 2. The van der Waals surface area contributed by atoms with Crippen LogP contribution in [-0.4, -0.2) is 23.9 Å². The van der Waals surface area contributed by atoms with Crippen LogP contribution >= 0.6 is 0 Å². The summed E-state index contributed by atoms with van der Waals surface area (Å²) < 4.78 is 10.4. The van der Waals surface area contributed by atoms with E-state index in [4.69, 9.17) is 8.83 Å². The van der Waals surface area contributed by atoms with Crippen LogP contribution < -0.4 is 10.6 Å². The molecule has 0 spiro atoms. The zero-order chi connectivity index (χ0) is 21.8. The van der Waals surface area contributed by atoms with Crippen molar-refractivity contribution in [1.82, 2.24) is 10.6 Å². The van der Waals surface area contributed by atoms with Gasteiger partial charge in [0.1, 0.15) is 0 Å². The fourth-order valence-electron chi connectivity index (χ4n) is 5.64. The van der Waals surface area contributed by atoms with E-state index in [0.717, 1.165) is 50.4 Å². The normalized spacial score (nSPS) is 31.2. The van der Waals surface area contributed by atoms with Crippen molar-refractivity contribution < 1.29 is 18.4 Å². The molecule has 6 nitrogen and oxygen atoms in total. The van der Waals surface area contributed by atoms with Gasteiger partial charge >= 0.3 is 0 Å². The average molecular weight is 427 g/mol. The lowest BCUT2D eigenvalue weighted by Gasteiger charge is -2.39. The van der Waals surface area contributed by atoms with Crippen molar-refractivity contribution in [2.75, 3.05) is 0 Å². The van der Waals surface area contributed by atoms with Crippen LogP contribution in [0.4, 0.5) is 0 Å². The standard InChI is InChI=1S/C25H34N2O4/c1-16-13-18(7-9-20(16)26-24(28)22-5-3-11-30-22)15-19-8-10-21(17(2)14-19)27-25(29)23-6-4-12-31-23/h3-6,11-12,16-21H,7-10,13-15H2,1-2H3,(H,26,28)(H,27,29). The predicted octanol–water partition coefficient (Wildman–Crippen LogP) is 5.03. The summed E-state index contributed by atoms with van der Waals surface area (Å²) in [6.45, 7) is 4.51. The molecular formula is C25H34N2O4. The highest BCUT2D eigenvalue weighted by Gasteiger charge is 2.34. The third-order valence-electron chi connectivity index (χ3n) is 7.35. The van der Waals surface area contributed by atoms with Crippen LogP contribution in [0.3, 0.4) is 0 Å². The number of rotatable bonds is 6. The van der Waals surface area contributed by atoms with Gasteiger partial charge in [0.2, 0.25) is 0 Å². The molecule has 6 heteroatoms. The Morgan fingerprint density at radius 1 is 0.806 bits per heavy atom. The second-order valence-corrected chi connectivity index (χ2v) is 9.66. The molecule has 31 heavy (non-hydrogen) atoms. The Bertz CT molecular complexity index is 775. The predicted molar refractivity (Wildman–Crippen MR) is 118 cm³/mol. The number of nitrogens with one attached hydrogen (secondary N) is 2. The highest BCUT2D eigenvalue weighted by molar-refractivity contribution is 5.92. The van der Waals surface area contributed by atoms with Gasteiger partial charge in [-0.25, -0.2) is 0 Å². The van der Waals surface area contributed by atoms with Crippen LogP contribution in [0.2, 0.25) is 0 Å². The molecule has 2 aliphatic carbocycles. The van der Waals surface area contributed by atoms with E-state index in [2.05, 4.69) is 24.5 Å². The second kappa shape index (κ2) is 9.75. The summed E-state index contributed by atoms with van der Waals surface area (Å²) in [6.07, 6.45) is 11.0. The molecule has 6 atom stereocenters. The van der Waals surface area contributed by atoms with Gasteiger partial charge in [-0.05, 0) is 92.9 Å². The van der Waals surface area contributed by atoms with Gasteiger partial charge in [-0.1, -0.05) is 13.8 Å². The number of carbonyl (C=O) groups excluding carboxylic acids is 2. The van der Waals surface area contributed by atoms with E-state index >= 15 is 0 Å². The third kappa shape index (κ3) is 5.41. The van der Waals surface area contributed by atoms with Crippen molar-refractivity contribution in [1.29, 1.82) is 0 Å². The number of furan rings is 2. The summed E-state index contributed by atoms with van der Waals surface area (Å²) in [5.74, 6) is 2.95. The van der Waals surface area contributed by atoms with E-state index < -0.39 is 0 Å². The fourth-order valence-corrected chi connectivity index (χ4v) is 5.64. The number of hydrogen-bond donors (Lipinski definition) is 2. The molecule has 0 bridgehead atoms. The first-order chi connectivity index (χ1) is 15.0. The quantitative estimate of drug-likeness (QED) is 0.678. The number of amides is 2. The summed E-state index contributed by atoms with van der Waals surface area (Å²) in [5.41, 5.74) is 0. The monoisotopic (exact) mass is 426 g/mol. The molecule has 2 saturated carbocycles. The highest BCUT2D eigenvalue weighted by atomic mass is 16.3. The minimum Gasteiger partial charge on any atom is -0.459 e. The lowest BCUT2D eigenvalue weighted by molar-refractivity contribution is 0.0841. The number of hydrogen-bond acceptors (Lipinski definition) is 4. The Kier molecular flexibility index (Phi) is 6.83. The van der Waals surface area contributed by atoms with Crippen LogP contribution in [0.5, 0.6) is 0 Å². The first kappa shape index (κ1) is 21.7. The fraction of sp³-hybridized carbons (Fsp3) is 0.600. The smallest absolute Gasteiger partial charge is 0.287 e. The molecule has 2 aromatic rings. The molecule has 2 aliphatic rings. The summed E-state index contributed by atoms with van der Waals surface area (Å²) in [6, 6.07) is 7.35. The SMILES string of the molecule is CC1CC(CC2CCC(NC(=O)c3ccco3)C(C)C2)CCC1NC(=O)c1ccco1. The van der Waals surface area contributed by atoms with E-state index in [-0.39, 0.29) is 23.9 Å². The van der Waals surface area contributed by atoms with Crippen LogP contribution in [0.1, 0.15) is 79.9 Å². The van der Waals surface area contributed by atoms with Crippen LogP contribution in [0.15, 0.2) is 45.6 Å². The Labute approximate surface area is 184 Å². The molecule has 2 amide bonds. The lowest BCUT2D eigenvalue weighted by atomic mass is 9.70. The Hall–Kier alpha value is -2.50. The summed E-state index contributed by atoms with van der Waals surface area (Å²) in [5, 5.41) is 6.31. The average Bonchev–Trinajstić information content (AvgIpc) is 3.46. The van der Waals surface area contributed by atoms with Crippen molar-refractivity contribution in [2.24, 2.45) is 23.7 Å². The van der Waals surface area contributed by atoms with Gasteiger partial charge < -0.3 is 19.5 Å². The Morgan fingerprint density at radius 2 is 1.26 bits per heavy atom. The second-order valence-electron chi connectivity index (χ2n) is 9.66. The zero-order valence-corrected chi connectivity index (χ0v) is 18.5. The van der Waals surface area contributed by atoms with E-state index in [1.54, 1.807) is 24.3 Å². The zero-order valence-electron chi connectivity index (χ0n) is 18.5. The van der Waals surface area contributed by atoms with E-state index in [0.29, 0.717) is 23.4 Å². The summed E-state index contributed by atoms with van der Waals surface area (Å²) in [4.78, 5) is 24.6. The van der Waals surface area contributed by atoms with Crippen molar-refractivity contribution in [3.05, 3.63) is 48.3 Å². The molecule has 168 valence electrons. The third-order valence-corrected chi connectivity index (χ3v) is 7.35. The van der Waals surface area contributed by atoms with Gasteiger partial charge in [0.25, 0.3) is 11.8 Å². The van der Waals surface area contributed by atoms with Gasteiger partial charge in [-0.3, -0.25) is 9.59 Å². The molecule has 6 unspecified atom stereocenters. The summed E-state index contributed by atoms with van der Waals surface area (Å²) >= 11 is 0. The van der Waals surface area contributed by atoms with Crippen molar-refractivity contribution in [3.8, 4) is 0 Å². The molecule has 0 aromatic carbocycles. The summed E-state index contributed by atoms with van der Waals surface area (Å²) in [7, 11) is 0. The van der Waals surface area contributed by atoms with Crippen molar-refractivity contribution in [3.63, 3.8) is 0 Å². The van der Waals surface area contributed by atoms with Crippen LogP contribution in [-0.2, 0) is 0 Å². The highest BCUT2D eigenvalue weighted by Crippen LogP contribution is 2.39. The van der Waals surface area contributed by atoms with E-state index in [9.17, 15) is 9.59 Å². The first-order valence-corrected chi connectivity index (χ1v) is 11.7. The molecule has 0 saturated heterocycles. The van der Waals surface area contributed by atoms with Gasteiger partial charge in [0, 0.05) is 12.1 Å². The molecule has 2 N–H and O–H groups in total. The van der Waals surface area contributed by atoms with Gasteiger partial charge in [0.15, 0.2) is 11.5 Å².